The Labute approximate surface area is 229 Å². The zero-order valence-corrected chi connectivity index (χ0v) is 23.3. The molecule has 0 radical (unpaired) electrons. The molecule has 39 heavy (non-hydrogen) atoms. The Bertz CT molecular complexity index is 1490. The highest BCUT2D eigenvalue weighted by Gasteiger charge is 2.28. The number of hydrogen-bond acceptors (Lipinski definition) is 5. The average Bonchev–Trinajstić information content (AvgIpc) is 2.93. The van der Waals surface area contributed by atoms with Crippen LogP contribution in [0.25, 0.3) is 0 Å². The first-order chi connectivity index (χ1) is 18.6. The van der Waals surface area contributed by atoms with Crippen LogP contribution in [-0.2, 0) is 37.9 Å². The van der Waals surface area contributed by atoms with Gasteiger partial charge in [-0.25, -0.2) is 21.2 Å². The molecule has 1 amide bonds. The fourth-order valence-electron chi connectivity index (χ4n) is 4.33. The molecule has 1 aliphatic heterocycles. The summed E-state index contributed by atoms with van der Waals surface area (Å²) >= 11 is 0. The first-order valence-electron chi connectivity index (χ1n) is 12.7. The summed E-state index contributed by atoms with van der Waals surface area (Å²) in [6.07, 6.45) is 2.72. The molecule has 1 aliphatic rings. The van der Waals surface area contributed by atoms with Crippen LogP contribution >= 0.6 is 0 Å². The Morgan fingerprint density at radius 2 is 1.38 bits per heavy atom. The number of sulfonamides is 2. The molecule has 1 saturated heterocycles. The molecule has 0 bridgehead atoms. The summed E-state index contributed by atoms with van der Waals surface area (Å²) in [5.41, 5.74) is 2.10. The SMILES string of the molecule is Cc1ccc(S(=O)(=O)N(CC(=O)NCc2ccc(S(=O)(=O)N3CCCCC3)cc2)Cc2ccc(F)cc2)cc1. The standard InChI is InChI=1S/C28H32FN3O5S2/c1-22-5-13-26(14-6-22)39(36,37)32(20-24-7-11-25(29)12-8-24)21-28(33)30-19-23-9-15-27(16-10-23)38(34,35)31-17-3-2-4-18-31/h5-16H,2-4,17-21H2,1H3,(H,30,33). The maximum atomic E-state index is 13.4. The monoisotopic (exact) mass is 573 g/mol. The van der Waals surface area contributed by atoms with Crippen molar-refractivity contribution in [1.29, 1.82) is 0 Å². The molecule has 3 aromatic carbocycles. The van der Waals surface area contributed by atoms with Crippen LogP contribution in [0.1, 0.15) is 36.0 Å². The number of nitrogens with one attached hydrogen (secondary N) is 1. The van der Waals surface area contributed by atoms with E-state index in [0.717, 1.165) is 29.1 Å². The van der Waals surface area contributed by atoms with Crippen molar-refractivity contribution in [3.05, 3.63) is 95.3 Å². The lowest BCUT2D eigenvalue weighted by Crippen LogP contribution is -2.40. The maximum absolute atomic E-state index is 13.4. The van der Waals surface area contributed by atoms with Gasteiger partial charge in [0.1, 0.15) is 5.82 Å². The number of piperidine rings is 1. The van der Waals surface area contributed by atoms with Crippen molar-refractivity contribution in [3.8, 4) is 0 Å². The maximum Gasteiger partial charge on any atom is 0.243 e. The largest absolute Gasteiger partial charge is 0.351 e. The van der Waals surface area contributed by atoms with Gasteiger partial charge >= 0.3 is 0 Å². The van der Waals surface area contributed by atoms with Crippen LogP contribution in [0.4, 0.5) is 4.39 Å². The molecule has 0 aromatic heterocycles. The Morgan fingerprint density at radius 3 is 2.00 bits per heavy atom. The van der Waals surface area contributed by atoms with Gasteiger partial charge in [0.05, 0.1) is 16.3 Å². The number of aryl methyl sites for hydroxylation is 1. The van der Waals surface area contributed by atoms with Gasteiger partial charge in [0, 0.05) is 26.2 Å². The number of nitrogens with zero attached hydrogens (tertiary/aromatic N) is 2. The van der Waals surface area contributed by atoms with Crippen LogP contribution in [0.2, 0.25) is 0 Å². The molecule has 0 saturated carbocycles. The van der Waals surface area contributed by atoms with Crippen LogP contribution in [0.3, 0.4) is 0 Å². The quantitative estimate of drug-likeness (QED) is 0.397. The Morgan fingerprint density at radius 1 is 0.821 bits per heavy atom. The lowest BCUT2D eigenvalue weighted by Gasteiger charge is -2.25. The van der Waals surface area contributed by atoms with Gasteiger partial charge in [-0.2, -0.15) is 8.61 Å². The van der Waals surface area contributed by atoms with Gasteiger partial charge in [-0.05, 0) is 67.3 Å². The molecule has 3 aromatic rings. The third kappa shape index (κ3) is 7.30. The van der Waals surface area contributed by atoms with E-state index in [1.54, 1.807) is 24.3 Å². The molecule has 4 rings (SSSR count). The molecular formula is C28H32FN3O5S2. The number of rotatable bonds is 10. The van der Waals surface area contributed by atoms with Crippen LogP contribution in [0.15, 0.2) is 82.6 Å². The van der Waals surface area contributed by atoms with E-state index in [9.17, 15) is 26.0 Å². The van der Waals surface area contributed by atoms with Crippen molar-refractivity contribution in [1.82, 2.24) is 13.9 Å². The number of halogens is 1. The van der Waals surface area contributed by atoms with Crippen LogP contribution in [-0.4, -0.2) is 51.0 Å². The van der Waals surface area contributed by atoms with Crippen molar-refractivity contribution in [2.75, 3.05) is 19.6 Å². The highest BCUT2D eigenvalue weighted by molar-refractivity contribution is 7.89. The molecule has 1 heterocycles. The average molecular weight is 574 g/mol. The number of amides is 1. The molecule has 11 heteroatoms. The van der Waals surface area contributed by atoms with Crippen molar-refractivity contribution in [2.45, 2.75) is 49.1 Å². The molecule has 0 unspecified atom stereocenters. The first-order valence-corrected chi connectivity index (χ1v) is 15.6. The van der Waals surface area contributed by atoms with E-state index < -0.39 is 38.3 Å². The highest BCUT2D eigenvalue weighted by atomic mass is 32.2. The lowest BCUT2D eigenvalue weighted by molar-refractivity contribution is -0.121. The molecule has 208 valence electrons. The van der Waals surface area contributed by atoms with E-state index in [1.165, 1.54) is 52.8 Å². The van der Waals surface area contributed by atoms with Crippen molar-refractivity contribution in [3.63, 3.8) is 0 Å². The highest BCUT2D eigenvalue weighted by Crippen LogP contribution is 2.22. The second-order valence-corrected chi connectivity index (χ2v) is 13.5. The summed E-state index contributed by atoms with van der Waals surface area (Å²) in [6, 6.07) is 18.1. The Balaban J connectivity index is 1.44. The second-order valence-electron chi connectivity index (χ2n) is 9.60. The van der Waals surface area contributed by atoms with Crippen LogP contribution in [0, 0.1) is 12.7 Å². The van der Waals surface area contributed by atoms with Crippen LogP contribution in [0.5, 0.6) is 0 Å². The minimum absolute atomic E-state index is 0.0496. The van der Waals surface area contributed by atoms with Crippen molar-refractivity contribution in [2.24, 2.45) is 0 Å². The summed E-state index contributed by atoms with van der Waals surface area (Å²) in [7, 11) is -7.58. The topological polar surface area (TPSA) is 104 Å². The Hall–Kier alpha value is -3.12. The first kappa shape index (κ1) is 28.9. The minimum atomic E-state index is -4.03. The third-order valence-electron chi connectivity index (χ3n) is 6.62. The molecule has 0 atom stereocenters. The van der Waals surface area contributed by atoms with E-state index in [0.29, 0.717) is 24.2 Å². The molecule has 8 nitrogen and oxygen atoms in total. The lowest BCUT2D eigenvalue weighted by atomic mass is 10.2. The van der Waals surface area contributed by atoms with Crippen molar-refractivity contribution < 1.29 is 26.0 Å². The normalized spacial score (nSPS) is 14.8. The summed E-state index contributed by atoms with van der Waals surface area (Å²) in [6.45, 7) is 2.40. The van der Waals surface area contributed by atoms with Gasteiger partial charge in [0.2, 0.25) is 26.0 Å². The molecular weight excluding hydrogens is 541 g/mol. The summed E-state index contributed by atoms with van der Waals surface area (Å²) in [4.78, 5) is 13.1. The summed E-state index contributed by atoms with van der Waals surface area (Å²) < 4.78 is 68.4. The van der Waals surface area contributed by atoms with E-state index in [2.05, 4.69) is 5.32 Å². The molecule has 1 fully saturated rings. The van der Waals surface area contributed by atoms with Gasteiger partial charge < -0.3 is 5.32 Å². The zero-order chi connectivity index (χ0) is 28.0. The Kier molecular flexibility index (Phi) is 9.16. The zero-order valence-electron chi connectivity index (χ0n) is 21.7. The second kappa shape index (κ2) is 12.4. The third-order valence-corrected chi connectivity index (χ3v) is 10.3. The van der Waals surface area contributed by atoms with Gasteiger partial charge in [0.15, 0.2) is 0 Å². The van der Waals surface area contributed by atoms with E-state index in [-0.39, 0.29) is 22.9 Å². The fourth-order valence-corrected chi connectivity index (χ4v) is 7.23. The number of hydrogen-bond donors (Lipinski definition) is 1. The van der Waals surface area contributed by atoms with Crippen LogP contribution < -0.4 is 5.32 Å². The van der Waals surface area contributed by atoms with Gasteiger partial charge in [-0.15, -0.1) is 0 Å². The van der Waals surface area contributed by atoms with E-state index >= 15 is 0 Å². The smallest absolute Gasteiger partial charge is 0.243 e. The number of benzene rings is 3. The molecule has 0 spiro atoms. The van der Waals surface area contributed by atoms with Gasteiger partial charge in [-0.3, -0.25) is 4.79 Å². The predicted octanol–water partition coefficient (Wildman–Crippen LogP) is 3.82. The van der Waals surface area contributed by atoms with E-state index in [4.69, 9.17) is 0 Å². The summed E-state index contributed by atoms with van der Waals surface area (Å²) in [5.74, 6) is -0.975. The van der Waals surface area contributed by atoms with Gasteiger partial charge in [0.25, 0.3) is 0 Å². The van der Waals surface area contributed by atoms with Crippen molar-refractivity contribution >= 4 is 26.0 Å². The number of carbonyl (C=O) groups excluding carboxylic acids is 1. The molecule has 1 N–H and O–H groups in total. The predicted molar refractivity (Wildman–Crippen MR) is 146 cm³/mol. The fraction of sp³-hybridized carbons (Fsp3) is 0.321. The molecule has 0 aliphatic carbocycles. The van der Waals surface area contributed by atoms with Gasteiger partial charge in [-0.1, -0.05) is 48.4 Å². The van der Waals surface area contributed by atoms with E-state index in [1.807, 2.05) is 6.92 Å². The summed E-state index contributed by atoms with van der Waals surface area (Å²) in [5, 5.41) is 2.71. The number of carbonyl (C=O) groups is 1. The minimum Gasteiger partial charge on any atom is -0.351 e.